The molecule has 3 atom stereocenters. The molecule has 1 amide bonds. The SMILES string of the molecule is CCCCCCCCCCCCC/C=C\CCCCCCCCCC(=O)NC(COP(=O)(O)OCC[N+](C)(C)C)C(O)/C=C/CC/C=C/CC/C=C/CCCCCCCCCCCCC. The van der Waals surface area contributed by atoms with Crippen molar-refractivity contribution in [3.63, 3.8) is 0 Å². The van der Waals surface area contributed by atoms with Gasteiger partial charge in [0.1, 0.15) is 13.2 Å². The van der Waals surface area contributed by atoms with Crippen molar-refractivity contribution in [2.24, 2.45) is 0 Å². The number of nitrogens with one attached hydrogen (secondary N) is 1. The van der Waals surface area contributed by atoms with Crippen LogP contribution in [0, 0.1) is 0 Å². The van der Waals surface area contributed by atoms with Gasteiger partial charge in [-0.05, 0) is 70.6 Å². The summed E-state index contributed by atoms with van der Waals surface area (Å²) in [6.07, 6.45) is 62.1. The van der Waals surface area contributed by atoms with Crippen LogP contribution in [0.1, 0.15) is 251 Å². The summed E-state index contributed by atoms with van der Waals surface area (Å²) in [5.41, 5.74) is 0. The number of carbonyl (C=O) groups excluding carboxylic acids is 1. The highest BCUT2D eigenvalue weighted by Gasteiger charge is 2.27. The van der Waals surface area contributed by atoms with E-state index < -0.39 is 20.0 Å². The van der Waals surface area contributed by atoms with Gasteiger partial charge in [-0.3, -0.25) is 13.8 Å². The fraction of sp³-hybridized carbons (Fsp3) is 0.839. The molecule has 9 heteroatoms. The number of carbonyl (C=O) groups is 1. The Kier molecular flexibility index (Phi) is 46.4. The van der Waals surface area contributed by atoms with E-state index in [1.54, 1.807) is 6.08 Å². The molecular weight excluding hydrogens is 828 g/mol. The number of likely N-dealkylation sites (N-methyl/N-ethyl adjacent to an activating group) is 1. The Bertz CT molecular complexity index is 1200. The van der Waals surface area contributed by atoms with Crippen LogP contribution in [0.2, 0.25) is 0 Å². The highest BCUT2D eigenvalue weighted by molar-refractivity contribution is 7.47. The van der Waals surface area contributed by atoms with Crippen LogP contribution in [0.15, 0.2) is 48.6 Å². The quantitative estimate of drug-likeness (QED) is 0.0243. The van der Waals surface area contributed by atoms with Crippen LogP contribution in [-0.2, 0) is 18.4 Å². The second kappa shape index (κ2) is 47.5. The highest BCUT2D eigenvalue weighted by atomic mass is 31.2. The number of nitrogens with zero attached hydrogens (tertiary/aromatic N) is 1. The molecule has 0 aromatic carbocycles. The van der Waals surface area contributed by atoms with Crippen LogP contribution in [0.25, 0.3) is 0 Å². The molecule has 3 unspecified atom stereocenters. The maximum atomic E-state index is 13.0. The van der Waals surface area contributed by atoms with Crippen LogP contribution in [0.3, 0.4) is 0 Å². The summed E-state index contributed by atoms with van der Waals surface area (Å²) < 4.78 is 23.7. The van der Waals surface area contributed by atoms with E-state index in [9.17, 15) is 19.4 Å². The van der Waals surface area contributed by atoms with E-state index in [0.29, 0.717) is 17.4 Å². The minimum Gasteiger partial charge on any atom is -0.387 e. The first-order chi connectivity index (χ1) is 31.5. The second-order valence-electron chi connectivity index (χ2n) is 19.9. The van der Waals surface area contributed by atoms with Crippen molar-refractivity contribution in [1.29, 1.82) is 0 Å². The molecule has 0 fully saturated rings. The predicted molar refractivity (Wildman–Crippen MR) is 281 cm³/mol. The summed E-state index contributed by atoms with van der Waals surface area (Å²) in [5, 5.41) is 13.9. The van der Waals surface area contributed by atoms with Gasteiger partial charge in [-0.25, -0.2) is 4.57 Å². The van der Waals surface area contributed by atoms with Crippen LogP contribution in [0.4, 0.5) is 0 Å². The molecule has 0 saturated carbocycles. The first-order valence-electron chi connectivity index (χ1n) is 27.5. The molecule has 0 aliphatic rings. The van der Waals surface area contributed by atoms with E-state index in [2.05, 4.69) is 55.6 Å². The van der Waals surface area contributed by atoms with Gasteiger partial charge < -0.3 is 19.8 Å². The van der Waals surface area contributed by atoms with Gasteiger partial charge in [0.15, 0.2) is 0 Å². The van der Waals surface area contributed by atoms with Crippen molar-refractivity contribution in [1.82, 2.24) is 5.32 Å². The summed E-state index contributed by atoms with van der Waals surface area (Å²) in [5.74, 6) is -0.194. The topological polar surface area (TPSA) is 105 Å². The smallest absolute Gasteiger partial charge is 0.387 e. The van der Waals surface area contributed by atoms with Gasteiger partial charge in [-0.2, -0.15) is 0 Å². The number of hydrogen-bond acceptors (Lipinski definition) is 5. The third-order valence-electron chi connectivity index (χ3n) is 12.2. The largest absolute Gasteiger partial charge is 0.472 e. The molecule has 0 rings (SSSR count). The number of hydrogen-bond donors (Lipinski definition) is 3. The lowest BCUT2D eigenvalue weighted by atomic mass is 10.0. The van der Waals surface area contributed by atoms with E-state index in [0.717, 1.165) is 44.9 Å². The van der Waals surface area contributed by atoms with Crippen molar-refractivity contribution in [2.75, 3.05) is 40.9 Å². The molecule has 0 radical (unpaired) electrons. The monoisotopic (exact) mass is 936 g/mol. The maximum Gasteiger partial charge on any atom is 0.472 e. The number of phosphoric ester groups is 1. The Morgan fingerprint density at radius 1 is 0.508 bits per heavy atom. The zero-order valence-electron chi connectivity index (χ0n) is 43.5. The highest BCUT2D eigenvalue weighted by Crippen LogP contribution is 2.43. The zero-order valence-corrected chi connectivity index (χ0v) is 44.4. The van der Waals surface area contributed by atoms with Crippen LogP contribution < -0.4 is 5.32 Å². The fourth-order valence-electron chi connectivity index (χ4n) is 7.89. The minimum absolute atomic E-state index is 0.0521. The predicted octanol–water partition coefficient (Wildman–Crippen LogP) is 16.4. The van der Waals surface area contributed by atoms with E-state index in [-0.39, 0.29) is 19.1 Å². The van der Waals surface area contributed by atoms with Crippen LogP contribution in [-0.4, -0.2) is 73.4 Å². The Morgan fingerprint density at radius 3 is 1.23 bits per heavy atom. The number of allylic oxidation sites excluding steroid dienone is 7. The number of quaternary nitrogens is 1. The maximum absolute atomic E-state index is 13.0. The van der Waals surface area contributed by atoms with Gasteiger partial charge in [0, 0.05) is 6.42 Å². The number of amides is 1. The average Bonchev–Trinajstić information content (AvgIpc) is 3.26. The van der Waals surface area contributed by atoms with Gasteiger partial charge in [-0.1, -0.05) is 223 Å². The summed E-state index contributed by atoms with van der Waals surface area (Å²) in [4.78, 5) is 23.3. The molecule has 0 aliphatic carbocycles. The molecule has 0 aromatic rings. The van der Waals surface area contributed by atoms with Crippen LogP contribution >= 0.6 is 7.82 Å². The molecular formula is C56H108N2O6P+. The lowest BCUT2D eigenvalue weighted by molar-refractivity contribution is -0.870. The number of phosphoric acid groups is 1. The molecule has 0 saturated heterocycles. The Hall–Kier alpha value is -1.54. The lowest BCUT2D eigenvalue weighted by Crippen LogP contribution is -2.45. The lowest BCUT2D eigenvalue weighted by Gasteiger charge is -2.25. The number of rotatable bonds is 50. The molecule has 0 aromatic heterocycles. The van der Waals surface area contributed by atoms with E-state index in [1.807, 2.05) is 27.2 Å². The number of aliphatic hydroxyl groups is 1. The van der Waals surface area contributed by atoms with Gasteiger partial charge in [-0.15, -0.1) is 0 Å². The second-order valence-corrected chi connectivity index (χ2v) is 21.4. The third-order valence-corrected chi connectivity index (χ3v) is 13.2. The molecule has 0 bridgehead atoms. The normalized spacial score (nSPS) is 14.4. The van der Waals surface area contributed by atoms with Gasteiger partial charge in [0.25, 0.3) is 0 Å². The Labute approximate surface area is 403 Å². The van der Waals surface area contributed by atoms with Crippen molar-refractivity contribution >= 4 is 13.7 Å². The fourth-order valence-corrected chi connectivity index (χ4v) is 8.63. The molecule has 0 spiro atoms. The molecule has 3 N–H and O–H groups in total. The first-order valence-corrected chi connectivity index (χ1v) is 29.0. The molecule has 65 heavy (non-hydrogen) atoms. The Balaban J connectivity index is 4.34. The van der Waals surface area contributed by atoms with Crippen molar-refractivity contribution in [3.05, 3.63) is 48.6 Å². The molecule has 0 aliphatic heterocycles. The van der Waals surface area contributed by atoms with E-state index in [1.165, 1.54) is 186 Å². The van der Waals surface area contributed by atoms with Crippen molar-refractivity contribution in [2.45, 2.75) is 264 Å². The summed E-state index contributed by atoms with van der Waals surface area (Å²) in [6.45, 7) is 4.80. The zero-order chi connectivity index (χ0) is 47.8. The van der Waals surface area contributed by atoms with Gasteiger partial charge in [0.2, 0.25) is 5.91 Å². The van der Waals surface area contributed by atoms with Gasteiger partial charge in [0.05, 0.1) is 39.9 Å². The molecule has 382 valence electrons. The van der Waals surface area contributed by atoms with Crippen molar-refractivity contribution in [3.8, 4) is 0 Å². The van der Waals surface area contributed by atoms with E-state index >= 15 is 0 Å². The first kappa shape index (κ1) is 63.5. The number of unbranched alkanes of at least 4 members (excludes halogenated alkanes) is 31. The summed E-state index contributed by atoms with van der Waals surface area (Å²) in [6, 6.07) is -0.873. The minimum atomic E-state index is -4.36. The molecule has 8 nitrogen and oxygen atoms in total. The Morgan fingerprint density at radius 2 is 0.846 bits per heavy atom. The summed E-state index contributed by atoms with van der Waals surface area (Å²) in [7, 11) is 1.55. The molecule has 0 heterocycles. The van der Waals surface area contributed by atoms with E-state index in [4.69, 9.17) is 9.05 Å². The standard InChI is InChI=1S/C56H107N2O6P/c1-6-8-10-12-14-16-18-20-22-24-26-28-30-32-34-36-38-40-42-44-46-48-50-56(60)57-54(53-64-65(61,62)63-52-51-58(3,4)5)55(59)49-47-45-43-41-39-37-35-33-31-29-27-25-23-21-19-17-15-13-11-9-7-2/h30-33,39,41,47,49,54-55,59H,6-29,34-38,40,42-46,48,50-53H2,1-5H3,(H-,57,60,61,62)/p+1/b32-30-,33-31+,41-39+,49-47+. The third kappa shape index (κ3) is 50.2. The van der Waals surface area contributed by atoms with Crippen LogP contribution in [0.5, 0.6) is 0 Å². The van der Waals surface area contributed by atoms with Gasteiger partial charge >= 0.3 is 7.82 Å². The average molecular weight is 936 g/mol. The van der Waals surface area contributed by atoms with Crippen molar-refractivity contribution < 1.29 is 32.9 Å². The number of aliphatic hydroxyl groups excluding tert-OH is 1. The summed E-state index contributed by atoms with van der Waals surface area (Å²) >= 11 is 0.